The number of aliphatic hydroxyl groups excluding tert-OH is 1. The topological polar surface area (TPSA) is 43.8 Å². The minimum absolute atomic E-state index is 0.0704. The molecule has 1 heterocycles. The van der Waals surface area contributed by atoms with Gasteiger partial charge in [-0.05, 0) is 26.7 Å². The number of carbonyl (C=O) groups is 1. The van der Waals surface area contributed by atoms with Crippen molar-refractivity contribution in [3.05, 3.63) is 12.7 Å². The molecule has 1 aliphatic rings. The molecule has 0 bridgehead atoms. The van der Waals surface area contributed by atoms with Crippen molar-refractivity contribution in [1.29, 1.82) is 0 Å². The van der Waals surface area contributed by atoms with Gasteiger partial charge < -0.3 is 10.0 Å². The van der Waals surface area contributed by atoms with E-state index in [1.165, 1.54) is 0 Å². The molecule has 0 unspecified atom stereocenters. The molecule has 104 valence electrons. The van der Waals surface area contributed by atoms with Gasteiger partial charge in [-0.1, -0.05) is 6.08 Å². The van der Waals surface area contributed by atoms with E-state index in [-0.39, 0.29) is 17.6 Å². The van der Waals surface area contributed by atoms with Crippen molar-refractivity contribution in [2.24, 2.45) is 0 Å². The highest BCUT2D eigenvalue weighted by atomic mass is 16.3. The molecule has 18 heavy (non-hydrogen) atoms. The Morgan fingerprint density at radius 3 is 2.67 bits per heavy atom. The number of β-amino-alcohol motifs (C(OH)–C–C–N with tert-alkyl or cyclic N) is 1. The average molecular weight is 254 g/mol. The van der Waals surface area contributed by atoms with Gasteiger partial charge >= 0.3 is 0 Å². The molecular weight excluding hydrogens is 228 g/mol. The quantitative estimate of drug-likeness (QED) is 0.751. The van der Waals surface area contributed by atoms with Crippen LogP contribution in [0.15, 0.2) is 12.7 Å². The van der Waals surface area contributed by atoms with E-state index in [1.54, 1.807) is 6.92 Å². The van der Waals surface area contributed by atoms with Gasteiger partial charge in [0.05, 0.1) is 6.10 Å². The van der Waals surface area contributed by atoms with E-state index in [0.717, 1.165) is 32.5 Å². The Morgan fingerprint density at radius 2 is 2.17 bits per heavy atom. The van der Waals surface area contributed by atoms with Crippen LogP contribution in [0.25, 0.3) is 0 Å². The second kappa shape index (κ2) is 6.34. The van der Waals surface area contributed by atoms with Gasteiger partial charge in [0, 0.05) is 38.6 Å². The standard InChI is InChI=1S/C14H26N2O2/c1-5-6-7-13(18)10-16-9-8-15(12(2)17)11-14(16,3)4/h5,13,18H,1,6-11H2,2-4H3/t13-/m1/s1. The summed E-state index contributed by atoms with van der Waals surface area (Å²) in [6.45, 7) is 12.5. The summed E-state index contributed by atoms with van der Waals surface area (Å²) in [5.74, 6) is 0.134. The number of aliphatic hydroxyl groups is 1. The summed E-state index contributed by atoms with van der Waals surface area (Å²) in [7, 11) is 0. The lowest BCUT2D eigenvalue weighted by Crippen LogP contribution is -2.61. The maximum atomic E-state index is 11.4. The molecule has 4 nitrogen and oxygen atoms in total. The third-order valence-corrected chi connectivity index (χ3v) is 3.65. The van der Waals surface area contributed by atoms with Gasteiger partial charge in [0.2, 0.25) is 5.91 Å². The van der Waals surface area contributed by atoms with E-state index >= 15 is 0 Å². The van der Waals surface area contributed by atoms with Crippen molar-refractivity contribution >= 4 is 5.91 Å². The number of amides is 1. The zero-order valence-electron chi connectivity index (χ0n) is 11.9. The third-order valence-electron chi connectivity index (χ3n) is 3.65. The van der Waals surface area contributed by atoms with Gasteiger partial charge in [-0.2, -0.15) is 0 Å². The molecule has 0 aromatic heterocycles. The smallest absolute Gasteiger partial charge is 0.219 e. The Morgan fingerprint density at radius 1 is 1.50 bits per heavy atom. The Hall–Kier alpha value is -0.870. The van der Waals surface area contributed by atoms with Gasteiger partial charge in [-0.15, -0.1) is 6.58 Å². The number of hydrogen-bond donors (Lipinski definition) is 1. The van der Waals surface area contributed by atoms with E-state index < -0.39 is 0 Å². The summed E-state index contributed by atoms with van der Waals surface area (Å²) in [5.41, 5.74) is -0.0704. The number of carbonyl (C=O) groups excluding carboxylic acids is 1. The fourth-order valence-electron chi connectivity index (χ4n) is 2.45. The first kappa shape index (κ1) is 15.2. The average Bonchev–Trinajstić information content (AvgIpc) is 2.28. The van der Waals surface area contributed by atoms with Crippen LogP contribution in [0.5, 0.6) is 0 Å². The second-order valence-electron chi connectivity index (χ2n) is 5.72. The number of rotatable bonds is 5. The third kappa shape index (κ3) is 4.10. The summed E-state index contributed by atoms with van der Waals surface area (Å²) < 4.78 is 0. The maximum Gasteiger partial charge on any atom is 0.219 e. The normalized spacial score (nSPS) is 21.7. The minimum atomic E-state index is -0.314. The Bertz CT molecular complexity index is 302. The summed E-state index contributed by atoms with van der Waals surface area (Å²) >= 11 is 0. The lowest BCUT2D eigenvalue weighted by molar-refractivity contribution is -0.134. The van der Waals surface area contributed by atoms with Gasteiger partial charge in [0.1, 0.15) is 0 Å². The minimum Gasteiger partial charge on any atom is -0.392 e. The molecule has 1 atom stereocenters. The Kier molecular flexibility index (Phi) is 5.35. The van der Waals surface area contributed by atoms with E-state index in [0.29, 0.717) is 6.54 Å². The van der Waals surface area contributed by atoms with Crippen LogP contribution in [0.4, 0.5) is 0 Å². The van der Waals surface area contributed by atoms with E-state index in [4.69, 9.17) is 0 Å². The zero-order chi connectivity index (χ0) is 13.8. The predicted molar refractivity (Wildman–Crippen MR) is 73.3 cm³/mol. The van der Waals surface area contributed by atoms with Gasteiger partial charge in [0.15, 0.2) is 0 Å². The monoisotopic (exact) mass is 254 g/mol. The van der Waals surface area contributed by atoms with Crippen LogP contribution < -0.4 is 0 Å². The van der Waals surface area contributed by atoms with Crippen molar-refractivity contribution < 1.29 is 9.90 Å². The summed E-state index contributed by atoms with van der Waals surface area (Å²) in [6, 6.07) is 0. The van der Waals surface area contributed by atoms with E-state index in [1.807, 2.05) is 11.0 Å². The fourth-order valence-corrected chi connectivity index (χ4v) is 2.45. The molecule has 4 heteroatoms. The first-order chi connectivity index (χ1) is 8.36. The van der Waals surface area contributed by atoms with Crippen molar-refractivity contribution in [2.75, 3.05) is 26.2 Å². The summed E-state index contributed by atoms with van der Waals surface area (Å²) in [6.07, 6.45) is 3.12. The number of piperazine rings is 1. The molecule has 1 aliphatic heterocycles. The molecule has 0 radical (unpaired) electrons. The molecule has 0 saturated carbocycles. The molecule has 0 aromatic rings. The van der Waals surface area contributed by atoms with Crippen LogP contribution in [0.3, 0.4) is 0 Å². The second-order valence-corrected chi connectivity index (χ2v) is 5.72. The first-order valence-corrected chi connectivity index (χ1v) is 6.66. The van der Waals surface area contributed by atoms with Crippen LogP contribution >= 0.6 is 0 Å². The van der Waals surface area contributed by atoms with E-state index in [2.05, 4.69) is 25.3 Å². The number of allylic oxidation sites excluding steroid dienone is 1. The van der Waals surface area contributed by atoms with Crippen molar-refractivity contribution in [2.45, 2.75) is 45.3 Å². The van der Waals surface area contributed by atoms with Gasteiger partial charge in [-0.3, -0.25) is 9.69 Å². The fraction of sp³-hybridized carbons (Fsp3) is 0.786. The van der Waals surface area contributed by atoms with Gasteiger partial charge in [0.25, 0.3) is 0 Å². The molecule has 1 saturated heterocycles. The molecule has 1 N–H and O–H groups in total. The highest BCUT2D eigenvalue weighted by Gasteiger charge is 2.35. The largest absolute Gasteiger partial charge is 0.392 e. The molecule has 0 spiro atoms. The first-order valence-electron chi connectivity index (χ1n) is 6.66. The highest BCUT2D eigenvalue weighted by Crippen LogP contribution is 2.21. The van der Waals surface area contributed by atoms with Crippen LogP contribution in [-0.2, 0) is 4.79 Å². The van der Waals surface area contributed by atoms with Crippen molar-refractivity contribution in [3.8, 4) is 0 Å². The molecule has 1 amide bonds. The summed E-state index contributed by atoms with van der Waals surface area (Å²) in [4.78, 5) is 15.6. The molecular formula is C14H26N2O2. The molecule has 0 aromatic carbocycles. The molecule has 1 fully saturated rings. The number of hydrogen-bond acceptors (Lipinski definition) is 3. The molecule has 1 rings (SSSR count). The van der Waals surface area contributed by atoms with Gasteiger partial charge in [-0.25, -0.2) is 0 Å². The highest BCUT2D eigenvalue weighted by molar-refractivity contribution is 5.73. The Balaban J connectivity index is 2.52. The Labute approximate surface area is 110 Å². The lowest BCUT2D eigenvalue weighted by Gasteiger charge is -2.47. The molecule has 0 aliphatic carbocycles. The lowest BCUT2D eigenvalue weighted by atomic mass is 9.97. The van der Waals surface area contributed by atoms with Crippen LogP contribution in [0, 0.1) is 0 Å². The summed E-state index contributed by atoms with van der Waals surface area (Å²) in [5, 5.41) is 9.97. The zero-order valence-corrected chi connectivity index (χ0v) is 11.9. The van der Waals surface area contributed by atoms with Crippen LogP contribution in [0.2, 0.25) is 0 Å². The van der Waals surface area contributed by atoms with E-state index in [9.17, 15) is 9.90 Å². The van der Waals surface area contributed by atoms with Crippen LogP contribution in [0.1, 0.15) is 33.6 Å². The maximum absolute atomic E-state index is 11.4. The van der Waals surface area contributed by atoms with Crippen LogP contribution in [-0.4, -0.2) is 58.6 Å². The predicted octanol–water partition coefficient (Wildman–Crippen LogP) is 1.26. The van der Waals surface area contributed by atoms with Crippen molar-refractivity contribution in [3.63, 3.8) is 0 Å². The van der Waals surface area contributed by atoms with Crippen molar-refractivity contribution in [1.82, 2.24) is 9.80 Å². The number of nitrogens with zero attached hydrogens (tertiary/aromatic N) is 2. The SMILES string of the molecule is C=CCC[C@@H](O)CN1CCN(C(C)=O)CC1(C)C.